The molecule has 0 aliphatic carbocycles. The van der Waals surface area contributed by atoms with Crippen LogP contribution in [-0.2, 0) is 14.4 Å². The van der Waals surface area contributed by atoms with Gasteiger partial charge in [-0.25, -0.2) is 4.39 Å². The largest absolute Gasteiger partial charge is 0.356 e. The van der Waals surface area contributed by atoms with Crippen molar-refractivity contribution in [2.24, 2.45) is 11.8 Å². The fraction of sp³-hybridized carbons (Fsp3) is 0.385. The Kier molecular flexibility index (Phi) is 8.15. The molecule has 7 nitrogen and oxygen atoms in total. The molecule has 2 aromatic carbocycles. The Morgan fingerprint density at radius 1 is 0.912 bits per heavy atom. The van der Waals surface area contributed by atoms with Gasteiger partial charge in [0.15, 0.2) is 5.78 Å². The summed E-state index contributed by atoms with van der Waals surface area (Å²) in [4.78, 5) is 50.6. The molecule has 0 aliphatic heterocycles. The summed E-state index contributed by atoms with van der Waals surface area (Å²) in [5, 5.41) is 6.93. The highest BCUT2D eigenvalue weighted by Crippen LogP contribution is 2.30. The maximum Gasteiger partial charge on any atom is 0.232 e. The van der Waals surface area contributed by atoms with E-state index in [-0.39, 0.29) is 24.7 Å². The Morgan fingerprint density at radius 3 is 1.97 bits per heavy atom. The quantitative estimate of drug-likeness (QED) is 0.476. The Bertz CT molecular complexity index is 1160. The van der Waals surface area contributed by atoms with E-state index in [1.165, 1.54) is 0 Å². The van der Waals surface area contributed by atoms with E-state index in [1.54, 1.807) is 25.3 Å². The van der Waals surface area contributed by atoms with E-state index in [0.29, 0.717) is 6.54 Å². The third kappa shape index (κ3) is 5.32. The molecule has 34 heavy (non-hydrogen) atoms. The summed E-state index contributed by atoms with van der Waals surface area (Å²) in [6.07, 6.45) is -0.460. The molecule has 2 N–H and O–H groups in total. The molecule has 3 rings (SSSR count). The summed E-state index contributed by atoms with van der Waals surface area (Å²) in [6, 6.07) is 13.9. The molecule has 0 aliphatic rings. The minimum Gasteiger partial charge on any atom is -0.356 e. The number of hydrogen-bond donors (Lipinski definition) is 2. The normalized spacial score (nSPS) is 13.1. The van der Waals surface area contributed by atoms with Gasteiger partial charge in [-0.1, -0.05) is 50.2 Å². The van der Waals surface area contributed by atoms with E-state index < -0.39 is 36.2 Å². The number of ketones is 1. The van der Waals surface area contributed by atoms with Crippen molar-refractivity contribution >= 4 is 45.3 Å². The number of fused-ring (bicyclic) bond motifs is 3. The molecule has 0 fully saturated rings. The SMILES string of the molecule is CCNC(=O)CC(NC(=O)[C@H](CC(=O)n1c2ccccc2c2ccccc21)C(C)C)C(=O)CF. The maximum atomic E-state index is 13.5. The van der Waals surface area contributed by atoms with Gasteiger partial charge in [0.05, 0.1) is 23.5 Å². The average Bonchev–Trinajstić information content (AvgIpc) is 3.16. The monoisotopic (exact) mass is 467 g/mol. The maximum absolute atomic E-state index is 13.5. The molecule has 1 aromatic heterocycles. The van der Waals surface area contributed by atoms with Crippen LogP contribution in [0.25, 0.3) is 21.8 Å². The zero-order valence-electron chi connectivity index (χ0n) is 19.6. The molecule has 0 radical (unpaired) electrons. The minimum absolute atomic E-state index is 0.107. The lowest BCUT2D eigenvalue weighted by atomic mass is 9.90. The topological polar surface area (TPSA) is 97.3 Å². The predicted octanol–water partition coefficient (Wildman–Crippen LogP) is 3.65. The fourth-order valence-electron chi connectivity index (χ4n) is 4.17. The number of carbonyl (C=O) groups excluding carboxylic acids is 4. The zero-order chi connectivity index (χ0) is 24.8. The number of halogens is 1. The van der Waals surface area contributed by atoms with Crippen LogP contribution in [0.2, 0.25) is 0 Å². The third-order valence-corrected chi connectivity index (χ3v) is 5.97. The summed E-state index contributed by atoms with van der Waals surface area (Å²) in [6.45, 7) is 4.39. The number of benzene rings is 2. The van der Waals surface area contributed by atoms with E-state index in [2.05, 4.69) is 10.6 Å². The number of carbonyl (C=O) groups is 4. The number of aromatic nitrogens is 1. The third-order valence-electron chi connectivity index (χ3n) is 5.97. The number of para-hydroxylation sites is 2. The van der Waals surface area contributed by atoms with Gasteiger partial charge in [-0.15, -0.1) is 0 Å². The summed E-state index contributed by atoms with van der Waals surface area (Å²) >= 11 is 0. The van der Waals surface area contributed by atoms with Gasteiger partial charge in [0.1, 0.15) is 6.67 Å². The van der Waals surface area contributed by atoms with Crippen molar-refractivity contribution in [1.29, 1.82) is 0 Å². The number of nitrogens with zero attached hydrogens (tertiary/aromatic N) is 1. The van der Waals surface area contributed by atoms with Crippen molar-refractivity contribution in [1.82, 2.24) is 15.2 Å². The van der Waals surface area contributed by atoms with Crippen LogP contribution in [0.5, 0.6) is 0 Å². The molecule has 8 heteroatoms. The molecule has 180 valence electrons. The highest BCUT2D eigenvalue weighted by Gasteiger charge is 2.31. The van der Waals surface area contributed by atoms with Gasteiger partial charge in [0, 0.05) is 29.7 Å². The lowest BCUT2D eigenvalue weighted by Crippen LogP contribution is -2.48. The van der Waals surface area contributed by atoms with Gasteiger partial charge >= 0.3 is 0 Å². The highest BCUT2D eigenvalue weighted by atomic mass is 19.1. The number of Topliss-reactive ketones (excluding diaryl/α,β-unsaturated/α-hetero) is 1. The molecule has 3 aromatic rings. The standard InChI is InChI=1S/C26H30FN3O4/c1-4-28-24(32)14-20(23(31)15-27)29-26(34)19(16(2)3)13-25(33)30-21-11-7-5-9-17(21)18-10-6-8-12-22(18)30/h5-12,16,19-20H,4,13-15H2,1-3H3,(H,28,32)(H,29,34)/t19-,20?/m1/s1. The molecular weight excluding hydrogens is 437 g/mol. The summed E-state index contributed by atoms with van der Waals surface area (Å²) in [5.41, 5.74) is 1.50. The first-order chi connectivity index (χ1) is 16.3. The van der Waals surface area contributed by atoms with Crippen molar-refractivity contribution in [3.8, 4) is 0 Å². The second kappa shape index (κ2) is 11.0. The number of nitrogens with one attached hydrogen (secondary N) is 2. The molecule has 2 atom stereocenters. The van der Waals surface area contributed by atoms with Crippen molar-refractivity contribution in [2.45, 2.75) is 39.7 Å². The van der Waals surface area contributed by atoms with Gasteiger partial charge in [0.25, 0.3) is 0 Å². The second-order valence-electron chi connectivity index (χ2n) is 8.64. The van der Waals surface area contributed by atoms with Gasteiger partial charge < -0.3 is 10.6 Å². The molecular formula is C26H30FN3O4. The van der Waals surface area contributed by atoms with Crippen LogP contribution < -0.4 is 10.6 Å². The van der Waals surface area contributed by atoms with Crippen LogP contribution in [0.1, 0.15) is 38.4 Å². The first kappa shape index (κ1) is 25.1. The van der Waals surface area contributed by atoms with E-state index >= 15 is 0 Å². The first-order valence-corrected chi connectivity index (χ1v) is 11.5. The number of amides is 2. The Balaban J connectivity index is 1.87. The molecule has 0 bridgehead atoms. The molecule has 0 saturated heterocycles. The van der Waals surface area contributed by atoms with E-state index in [4.69, 9.17) is 0 Å². The lowest BCUT2D eigenvalue weighted by Gasteiger charge is -2.23. The predicted molar refractivity (Wildman–Crippen MR) is 129 cm³/mol. The van der Waals surface area contributed by atoms with Gasteiger partial charge in [-0.2, -0.15) is 0 Å². The van der Waals surface area contributed by atoms with E-state index in [0.717, 1.165) is 21.8 Å². The van der Waals surface area contributed by atoms with Crippen LogP contribution in [0.15, 0.2) is 48.5 Å². The fourth-order valence-corrected chi connectivity index (χ4v) is 4.17. The lowest BCUT2D eigenvalue weighted by molar-refractivity contribution is -0.133. The van der Waals surface area contributed by atoms with Crippen LogP contribution in [-0.4, -0.2) is 47.3 Å². The smallest absolute Gasteiger partial charge is 0.232 e. The van der Waals surface area contributed by atoms with E-state index in [9.17, 15) is 23.6 Å². The Morgan fingerprint density at radius 2 is 1.47 bits per heavy atom. The van der Waals surface area contributed by atoms with Crippen molar-refractivity contribution in [2.75, 3.05) is 13.2 Å². The van der Waals surface area contributed by atoms with Gasteiger partial charge in [-0.3, -0.25) is 23.7 Å². The summed E-state index contributed by atoms with van der Waals surface area (Å²) in [5.74, 6) is -3.16. The van der Waals surface area contributed by atoms with Crippen molar-refractivity contribution in [3.05, 3.63) is 48.5 Å². The Labute approximate surface area is 197 Å². The number of hydrogen-bond acceptors (Lipinski definition) is 4. The summed E-state index contributed by atoms with van der Waals surface area (Å²) < 4.78 is 14.7. The molecule has 0 saturated carbocycles. The van der Waals surface area contributed by atoms with Crippen molar-refractivity contribution in [3.63, 3.8) is 0 Å². The van der Waals surface area contributed by atoms with Gasteiger partial charge in [0.2, 0.25) is 17.7 Å². The molecule has 1 unspecified atom stereocenters. The zero-order valence-corrected chi connectivity index (χ0v) is 19.6. The average molecular weight is 468 g/mol. The summed E-state index contributed by atoms with van der Waals surface area (Å²) in [7, 11) is 0. The van der Waals surface area contributed by atoms with Gasteiger partial charge in [-0.05, 0) is 25.0 Å². The first-order valence-electron chi connectivity index (χ1n) is 11.5. The molecule has 0 spiro atoms. The Hall–Kier alpha value is -3.55. The van der Waals surface area contributed by atoms with Crippen LogP contribution in [0.3, 0.4) is 0 Å². The molecule has 2 amide bonds. The highest BCUT2D eigenvalue weighted by molar-refractivity contribution is 6.13. The second-order valence-corrected chi connectivity index (χ2v) is 8.64. The van der Waals surface area contributed by atoms with Crippen molar-refractivity contribution < 1.29 is 23.6 Å². The minimum atomic E-state index is -1.29. The van der Waals surface area contributed by atoms with E-state index in [1.807, 2.05) is 48.5 Å². The number of rotatable bonds is 10. The number of alkyl halides is 1. The van der Waals surface area contributed by atoms with Crippen LogP contribution in [0.4, 0.5) is 4.39 Å². The van der Waals surface area contributed by atoms with Crippen LogP contribution in [0, 0.1) is 11.8 Å². The molecule has 1 heterocycles. The van der Waals surface area contributed by atoms with Crippen LogP contribution >= 0.6 is 0 Å².